The van der Waals surface area contributed by atoms with E-state index in [9.17, 15) is 28.1 Å². The van der Waals surface area contributed by atoms with Crippen LogP contribution >= 0.6 is 11.6 Å². The van der Waals surface area contributed by atoms with Crippen molar-refractivity contribution in [1.82, 2.24) is 0 Å². The zero-order valence-electron chi connectivity index (χ0n) is 12.4. The third-order valence-corrected chi connectivity index (χ3v) is 3.40. The number of hydrogen-bond acceptors (Lipinski definition) is 4. The standard InChI is InChI=1S/C15H11ClF3N3O3/c16-13-5-4-9(7-12(13)15(17,18)19)20-8-14(23)21-10-2-1-3-11(6-10)22(24)25/h1-7,20H,8H2,(H,21,23). The van der Waals surface area contributed by atoms with Gasteiger partial charge in [0.2, 0.25) is 5.91 Å². The largest absolute Gasteiger partial charge is 0.417 e. The highest BCUT2D eigenvalue weighted by atomic mass is 35.5. The fourth-order valence-electron chi connectivity index (χ4n) is 1.94. The predicted molar refractivity (Wildman–Crippen MR) is 86.7 cm³/mol. The second kappa shape index (κ2) is 7.39. The van der Waals surface area contributed by atoms with Crippen LogP contribution in [0.2, 0.25) is 5.02 Å². The monoisotopic (exact) mass is 373 g/mol. The number of carbonyl (C=O) groups is 1. The van der Waals surface area contributed by atoms with E-state index in [1.165, 1.54) is 30.3 Å². The number of anilines is 2. The van der Waals surface area contributed by atoms with Crippen molar-refractivity contribution in [2.24, 2.45) is 0 Å². The minimum absolute atomic E-state index is 0.0610. The van der Waals surface area contributed by atoms with Gasteiger partial charge in [-0.1, -0.05) is 17.7 Å². The van der Waals surface area contributed by atoms with Gasteiger partial charge < -0.3 is 10.6 Å². The molecule has 0 saturated carbocycles. The molecular formula is C15H11ClF3N3O3. The van der Waals surface area contributed by atoms with Crippen LogP contribution in [0.1, 0.15) is 5.56 Å². The van der Waals surface area contributed by atoms with Gasteiger partial charge in [-0.15, -0.1) is 0 Å². The van der Waals surface area contributed by atoms with Crippen LogP contribution in [0.4, 0.5) is 30.2 Å². The first-order valence-corrected chi connectivity index (χ1v) is 7.19. The predicted octanol–water partition coefficient (Wildman–Crippen LogP) is 4.32. The SMILES string of the molecule is O=C(CNc1ccc(Cl)c(C(F)(F)F)c1)Nc1cccc([N+](=O)[O-])c1. The normalized spacial score (nSPS) is 11.0. The van der Waals surface area contributed by atoms with Crippen molar-refractivity contribution in [3.63, 3.8) is 0 Å². The number of nitro benzene ring substituents is 1. The Morgan fingerprint density at radius 1 is 1.16 bits per heavy atom. The van der Waals surface area contributed by atoms with Crippen LogP contribution in [0.15, 0.2) is 42.5 Å². The number of amides is 1. The van der Waals surface area contributed by atoms with Crippen molar-refractivity contribution in [3.05, 3.63) is 63.2 Å². The van der Waals surface area contributed by atoms with Crippen molar-refractivity contribution < 1.29 is 22.9 Å². The molecule has 0 aliphatic rings. The molecule has 1 amide bonds. The first kappa shape index (κ1) is 18.5. The van der Waals surface area contributed by atoms with Gasteiger partial charge in [0.25, 0.3) is 5.69 Å². The summed E-state index contributed by atoms with van der Waals surface area (Å²) in [5.74, 6) is -0.580. The van der Waals surface area contributed by atoms with Gasteiger partial charge in [0.05, 0.1) is 22.1 Å². The van der Waals surface area contributed by atoms with Gasteiger partial charge in [-0.05, 0) is 24.3 Å². The van der Waals surface area contributed by atoms with E-state index < -0.39 is 27.6 Å². The number of carbonyl (C=O) groups excluding carboxylic acids is 1. The average molecular weight is 374 g/mol. The van der Waals surface area contributed by atoms with E-state index in [1.807, 2.05) is 0 Å². The summed E-state index contributed by atoms with van der Waals surface area (Å²) in [6.07, 6.45) is -4.61. The minimum atomic E-state index is -4.61. The summed E-state index contributed by atoms with van der Waals surface area (Å²) in [5, 5.41) is 15.2. The lowest BCUT2D eigenvalue weighted by Crippen LogP contribution is -2.22. The smallest absolute Gasteiger partial charge is 0.376 e. The lowest BCUT2D eigenvalue weighted by atomic mass is 10.2. The van der Waals surface area contributed by atoms with E-state index in [2.05, 4.69) is 10.6 Å². The summed E-state index contributed by atoms with van der Waals surface area (Å²) in [4.78, 5) is 21.9. The molecule has 0 heterocycles. The fraction of sp³-hybridized carbons (Fsp3) is 0.133. The molecule has 2 rings (SSSR count). The molecule has 0 atom stereocenters. The number of nitrogens with zero attached hydrogens (tertiary/aromatic N) is 1. The summed E-state index contributed by atoms with van der Waals surface area (Å²) in [6.45, 7) is -0.332. The first-order valence-electron chi connectivity index (χ1n) is 6.82. The van der Waals surface area contributed by atoms with Crippen molar-refractivity contribution in [2.45, 2.75) is 6.18 Å². The fourth-order valence-corrected chi connectivity index (χ4v) is 2.16. The van der Waals surface area contributed by atoms with E-state index >= 15 is 0 Å². The molecule has 2 N–H and O–H groups in total. The van der Waals surface area contributed by atoms with Gasteiger partial charge in [0, 0.05) is 23.5 Å². The lowest BCUT2D eigenvalue weighted by molar-refractivity contribution is -0.384. The average Bonchev–Trinajstić information content (AvgIpc) is 2.53. The Kier molecular flexibility index (Phi) is 5.48. The van der Waals surface area contributed by atoms with E-state index in [1.54, 1.807) is 0 Å². The highest BCUT2D eigenvalue weighted by Gasteiger charge is 2.33. The number of rotatable bonds is 5. The molecule has 6 nitrogen and oxygen atoms in total. The van der Waals surface area contributed by atoms with Gasteiger partial charge in [-0.2, -0.15) is 13.2 Å². The number of nitrogens with one attached hydrogen (secondary N) is 2. The van der Waals surface area contributed by atoms with Gasteiger partial charge in [-0.3, -0.25) is 14.9 Å². The van der Waals surface area contributed by atoms with E-state index in [4.69, 9.17) is 11.6 Å². The molecule has 0 unspecified atom stereocenters. The Hall–Kier alpha value is -2.81. The Bertz CT molecular complexity index is 812. The molecule has 0 fully saturated rings. The summed E-state index contributed by atoms with van der Waals surface area (Å²) < 4.78 is 38.3. The quantitative estimate of drug-likeness (QED) is 0.604. The van der Waals surface area contributed by atoms with E-state index in [-0.39, 0.29) is 23.6 Å². The Balaban J connectivity index is 2.01. The molecule has 0 aromatic heterocycles. The maximum atomic E-state index is 12.8. The van der Waals surface area contributed by atoms with Gasteiger partial charge in [-0.25, -0.2) is 0 Å². The van der Waals surface area contributed by atoms with Crippen LogP contribution in [0.25, 0.3) is 0 Å². The van der Waals surface area contributed by atoms with E-state index in [0.29, 0.717) is 0 Å². The number of benzene rings is 2. The van der Waals surface area contributed by atoms with Crippen LogP contribution in [0, 0.1) is 10.1 Å². The summed E-state index contributed by atoms with van der Waals surface area (Å²) >= 11 is 5.51. The molecule has 2 aromatic carbocycles. The number of nitro groups is 1. The second-order valence-corrected chi connectivity index (χ2v) is 5.31. The summed E-state index contributed by atoms with van der Waals surface area (Å²) in [5.41, 5.74) is -0.949. The lowest BCUT2D eigenvalue weighted by Gasteiger charge is -2.12. The number of halogens is 4. The van der Waals surface area contributed by atoms with Crippen molar-refractivity contribution in [3.8, 4) is 0 Å². The molecule has 10 heteroatoms. The molecule has 0 aliphatic carbocycles. The van der Waals surface area contributed by atoms with Crippen LogP contribution in [-0.2, 0) is 11.0 Å². The second-order valence-electron chi connectivity index (χ2n) is 4.90. The Morgan fingerprint density at radius 3 is 2.52 bits per heavy atom. The van der Waals surface area contributed by atoms with Crippen LogP contribution in [-0.4, -0.2) is 17.4 Å². The zero-order chi connectivity index (χ0) is 18.6. The highest BCUT2D eigenvalue weighted by molar-refractivity contribution is 6.31. The summed E-state index contributed by atoms with van der Waals surface area (Å²) in [6, 6.07) is 8.46. The van der Waals surface area contributed by atoms with Crippen molar-refractivity contribution in [2.75, 3.05) is 17.2 Å². The molecule has 0 spiro atoms. The van der Waals surface area contributed by atoms with Crippen molar-refractivity contribution in [1.29, 1.82) is 0 Å². The van der Waals surface area contributed by atoms with Crippen LogP contribution in [0.3, 0.4) is 0 Å². The molecule has 0 saturated heterocycles. The molecule has 2 aromatic rings. The van der Waals surface area contributed by atoms with Gasteiger partial charge in [0.1, 0.15) is 0 Å². The topological polar surface area (TPSA) is 84.3 Å². The third kappa shape index (κ3) is 5.08. The Morgan fingerprint density at radius 2 is 1.88 bits per heavy atom. The van der Waals surface area contributed by atoms with E-state index in [0.717, 1.165) is 12.1 Å². The maximum Gasteiger partial charge on any atom is 0.417 e. The first-order chi connectivity index (χ1) is 11.7. The van der Waals surface area contributed by atoms with Crippen LogP contribution < -0.4 is 10.6 Å². The number of alkyl halides is 3. The minimum Gasteiger partial charge on any atom is -0.376 e. The van der Waals surface area contributed by atoms with Gasteiger partial charge >= 0.3 is 6.18 Å². The molecule has 0 bridgehead atoms. The van der Waals surface area contributed by atoms with Crippen molar-refractivity contribution >= 4 is 34.6 Å². The van der Waals surface area contributed by atoms with Crippen LogP contribution in [0.5, 0.6) is 0 Å². The maximum absolute atomic E-state index is 12.8. The number of hydrogen-bond donors (Lipinski definition) is 2. The Labute approximate surface area is 144 Å². The molecule has 0 radical (unpaired) electrons. The zero-order valence-corrected chi connectivity index (χ0v) is 13.2. The molecular weight excluding hydrogens is 363 g/mol. The molecule has 25 heavy (non-hydrogen) atoms. The highest BCUT2D eigenvalue weighted by Crippen LogP contribution is 2.36. The number of non-ortho nitro benzene ring substituents is 1. The molecule has 132 valence electrons. The third-order valence-electron chi connectivity index (χ3n) is 3.07. The van der Waals surface area contributed by atoms with Gasteiger partial charge in [0.15, 0.2) is 0 Å². The summed E-state index contributed by atoms with van der Waals surface area (Å²) in [7, 11) is 0. The molecule has 0 aliphatic heterocycles.